The molecule has 6 rings (SSSR count). The molecule has 170 valence electrons. The third-order valence-corrected chi connectivity index (χ3v) is 6.66. The molecule has 4 unspecified atom stereocenters. The van der Waals surface area contributed by atoms with Crippen LogP contribution in [0.5, 0.6) is 5.75 Å². The Morgan fingerprint density at radius 2 is 1.76 bits per heavy atom. The molecule has 3 aliphatic rings. The highest BCUT2D eigenvalue weighted by Gasteiger charge is 2.69. The lowest BCUT2D eigenvalue weighted by Gasteiger charge is -2.28. The number of carbonyl (C=O) groups is 1. The Hall–Kier alpha value is -3.70. The van der Waals surface area contributed by atoms with Crippen LogP contribution in [0.1, 0.15) is 28.9 Å². The van der Waals surface area contributed by atoms with Gasteiger partial charge >= 0.3 is 6.18 Å². The standard InChI is InChI=1S/C21H18F3N7O2/c1-33-11-2-3-12(15(8-11)31-27-6-7-28-31)20(32)29-13-4-5-14(29)19-18(13)30(19)17-10-25-16(9-26-17)21(22,23)24/h2-3,6-10,13-14,18-19H,4-5H2,1H3. The molecule has 2 bridgehead atoms. The van der Waals surface area contributed by atoms with Gasteiger partial charge in [-0.3, -0.25) is 4.79 Å². The summed E-state index contributed by atoms with van der Waals surface area (Å²) in [6.45, 7) is 0. The third-order valence-electron chi connectivity index (χ3n) is 6.66. The van der Waals surface area contributed by atoms with Gasteiger partial charge in [-0.15, -0.1) is 0 Å². The summed E-state index contributed by atoms with van der Waals surface area (Å²) in [5, 5.41) is 8.32. The second-order valence-electron chi connectivity index (χ2n) is 8.27. The molecule has 33 heavy (non-hydrogen) atoms. The summed E-state index contributed by atoms with van der Waals surface area (Å²) >= 11 is 0. The number of fused-ring (bicyclic) bond motifs is 5. The van der Waals surface area contributed by atoms with Crippen LogP contribution in [-0.4, -0.2) is 67.0 Å². The molecule has 1 aromatic carbocycles. The minimum Gasteiger partial charge on any atom is -0.497 e. The van der Waals surface area contributed by atoms with E-state index in [1.165, 1.54) is 17.2 Å². The molecule has 0 aliphatic carbocycles. The van der Waals surface area contributed by atoms with Gasteiger partial charge in [0.05, 0.1) is 61.6 Å². The fraction of sp³-hybridized carbons (Fsp3) is 0.381. The quantitative estimate of drug-likeness (QED) is 0.556. The SMILES string of the molecule is COc1ccc(C(=O)N2C3CCC2C2C3N2c2cnc(C(F)(F)F)cn2)c(-n2nccn2)c1. The lowest BCUT2D eigenvalue weighted by Crippen LogP contribution is -2.43. The highest BCUT2D eigenvalue weighted by Crippen LogP contribution is 2.54. The number of anilines is 1. The van der Waals surface area contributed by atoms with Crippen LogP contribution >= 0.6 is 0 Å². The number of piperazine rings is 1. The monoisotopic (exact) mass is 457 g/mol. The normalized spacial score (nSPS) is 25.3. The summed E-state index contributed by atoms with van der Waals surface area (Å²) in [4.78, 5) is 26.4. The Kier molecular flexibility index (Phi) is 4.17. The molecule has 3 fully saturated rings. The van der Waals surface area contributed by atoms with Crippen LogP contribution in [0.2, 0.25) is 0 Å². The van der Waals surface area contributed by atoms with Crippen molar-refractivity contribution in [1.29, 1.82) is 0 Å². The predicted octanol–water partition coefficient (Wildman–Crippen LogP) is 2.33. The van der Waals surface area contributed by atoms with E-state index in [0.29, 0.717) is 22.8 Å². The molecule has 2 aromatic heterocycles. The number of aromatic nitrogens is 5. The van der Waals surface area contributed by atoms with Crippen molar-refractivity contribution >= 4 is 11.7 Å². The number of rotatable bonds is 4. The third kappa shape index (κ3) is 2.96. The molecule has 1 amide bonds. The first-order valence-electron chi connectivity index (χ1n) is 10.4. The van der Waals surface area contributed by atoms with Crippen molar-refractivity contribution in [3.05, 3.63) is 54.2 Å². The molecule has 12 heteroatoms. The van der Waals surface area contributed by atoms with Gasteiger partial charge in [0, 0.05) is 6.07 Å². The maximum atomic E-state index is 13.6. The summed E-state index contributed by atoms with van der Waals surface area (Å²) in [7, 11) is 1.55. The number of alkyl halides is 3. The lowest BCUT2D eigenvalue weighted by atomic mass is 10.0. The summed E-state index contributed by atoms with van der Waals surface area (Å²) in [5.74, 6) is 0.870. The van der Waals surface area contributed by atoms with Crippen molar-refractivity contribution in [2.75, 3.05) is 12.0 Å². The van der Waals surface area contributed by atoms with E-state index in [2.05, 4.69) is 20.2 Å². The van der Waals surface area contributed by atoms with Crippen molar-refractivity contribution in [1.82, 2.24) is 29.9 Å². The maximum absolute atomic E-state index is 13.6. The van der Waals surface area contributed by atoms with Crippen LogP contribution in [0.4, 0.5) is 19.0 Å². The Morgan fingerprint density at radius 3 is 2.33 bits per heavy atom. The van der Waals surface area contributed by atoms with E-state index in [1.54, 1.807) is 25.3 Å². The molecular weight excluding hydrogens is 439 g/mol. The van der Waals surface area contributed by atoms with Crippen molar-refractivity contribution < 1.29 is 22.7 Å². The number of carbonyl (C=O) groups excluding carboxylic acids is 1. The van der Waals surface area contributed by atoms with Crippen molar-refractivity contribution in [2.45, 2.75) is 43.2 Å². The van der Waals surface area contributed by atoms with E-state index < -0.39 is 11.9 Å². The number of methoxy groups -OCH3 is 1. The van der Waals surface area contributed by atoms with E-state index in [-0.39, 0.29) is 30.1 Å². The van der Waals surface area contributed by atoms with Gasteiger partial charge in [-0.1, -0.05) is 0 Å². The molecular formula is C21H18F3N7O2. The molecule has 0 N–H and O–H groups in total. The molecule has 0 saturated carbocycles. The summed E-state index contributed by atoms with van der Waals surface area (Å²) in [6.07, 6.45) is 2.12. The van der Waals surface area contributed by atoms with Gasteiger partial charge in [0.15, 0.2) is 5.69 Å². The average Bonchev–Trinajstić information content (AvgIpc) is 3.16. The molecule has 3 saturated heterocycles. The molecule has 0 radical (unpaired) electrons. The van der Waals surface area contributed by atoms with Crippen molar-refractivity contribution in [3.8, 4) is 11.4 Å². The van der Waals surface area contributed by atoms with Gasteiger partial charge in [0.1, 0.15) is 17.3 Å². The molecule has 4 atom stereocenters. The summed E-state index contributed by atoms with van der Waals surface area (Å²) in [6, 6.07) is 5.13. The first kappa shape index (κ1) is 19.9. The fourth-order valence-electron chi connectivity index (χ4n) is 5.30. The van der Waals surface area contributed by atoms with Crippen LogP contribution in [0.3, 0.4) is 0 Å². The Balaban J connectivity index is 1.27. The lowest BCUT2D eigenvalue weighted by molar-refractivity contribution is -0.141. The van der Waals surface area contributed by atoms with E-state index >= 15 is 0 Å². The number of amides is 1. The first-order chi connectivity index (χ1) is 15.9. The minimum absolute atomic E-state index is 0.0308. The van der Waals surface area contributed by atoms with Crippen LogP contribution < -0.4 is 9.64 Å². The molecule has 5 heterocycles. The number of benzene rings is 1. The molecule has 3 aromatic rings. The van der Waals surface area contributed by atoms with Gasteiger partial charge < -0.3 is 14.5 Å². The van der Waals surface area contributed by atoms with Gasteiger partial charge in [0.2, 0.25) is 0 Å². The summed E-state index contributed by atoms with van der Waals surface area (Å²) in [5.41, 5.74) is -0.0295. The van der Waals surface area contributed by atoms with Gasteiger partial charge in [-0.05, 0) is 25.0 Å². The van der Waals surface area contributed by atoms with Crippen LogP contribution in [0.15, 0.2) is 43.0 Å². The van der Waals surface area contributed by atoms with Gasteiger partial charge in [-0.2, -0.15) is 28.2 Å². The number of ether oxygens (including phenoxy) is 1. The van der Waals surface area contributed by atoms with Crippen molar-refractivity contribution in [3.63, 3.8) is 0 Å². The van der Waals surface area contributed by atoms with E-state index in [0.717, 1.165) is 25.2 Å². The van der Waals surface area contributed by atoms with Crippen LogP contribution in [-0.2, 0) is 6.18 Å². The molecule has 0 spiro atoms. The zero-order valence-corrected chi connectivity index (χ0v) is 17.3. The number of halogens is 3. The first-order valence-corrected chi connectivity index (χ1v) is 10.4. The number of hydrogen-bond acceptors (Lipinski definition) is 7. The van der Waals surface area contributed by atoms with E-state index in [4.69, 9.17) is 4.74 Å². The Morgan fingerprint density at radius 1 is 1.06 bits per heavy atom. The smallest absolute Gasteiger partial charge is 0.434 e. The van der Waals surface area contributed by atoms with Gasteiger partial charge in [-0.25, -0.2) is 9.97 Å². The zero-order valence-electron chi connectivity index (χ0n) is 17.3. The largest absolute Gasteiger partial charge is 0.497 e. The fourth-order valence-corrected chi connectivity index (χ4v) is 5.30. The van der Waals surface area contributed by atoms with Crippen molar-refractivity contribution in [2.24, 2.45) is 0 Å². The second kappa shape index (κ2) is 6.90. The zero-order chi connectivity index (χ0) is 22.9. The maximum Gasteiger partial charge on any atom is 0.434 e. The Labute approximate surface area is 185 Å². The van der Waals surface area contributed by atoms with E-state index in [1.807, 2.05) is 9.80 Å². The highest BCUT2D eigenvalue weighted by molar-refractivity contribution is 5.99. The highest BCUT2D eigenvalue weighted by atomic mass is 19.4. The van der Waals surface area contributed by atoms with Crippen LogP contribution in [0.25, 0.3) is 5.69 Å². The molecule has 3 aliphatic heterocycles. The van der Waals surface area contributed by atoms with Gasteiger partial charge in [0.25, 0.3) is 5.91 Å². The average molecular weight is 457 g/mol. The van der Waals surface area contributed by atoms with E-state index in [9.17, 15) is 18.0 Å². The second-order valence-corrected chi connectivity index (χ2v) is 8.27. The number of nitrogens with zero attached hydrogens (tertiary/aromatic N) is 7. The topological polar surface area (TPSA) is 89.0 Å². The Bertz CT molecular complexity index is 1200. The number of hydrogen-bond donors (Lipinski definition) is 0. The minimum atomic E-state index is -4.53. The van der Waals surface area contributed by atoms with Crippen LogP contribution in [0, 0.1) is 0 Å². The summed E-state index contributed by atoms with van der Waals surface area (Å²) < 4.78 is 43.7. The predicted molar refractivity (Wildman–Crippen MR) is 108 cm³/mol. The molecule has 9 nitrogen and oxygen atoms in total.